The molecule has 18 N–H and O–H groups in total. The number of nitrogens with one attached hydrogen (secondary N) is 8. The monoisotopic (exact) mass is 1310 g/mol. The van der Waals surface area contributed by atoms with Gasteiger partial charge in [0.1, 0.15) is 60.4 Å². The van der Waals surface area contributed by atoms with E-state index in [2.05, 4.69) is 59.8 Å². The van der Waals surface area contributed by atoms with Crippen LogP contribution in [-0.4, -0.2) is 212 Å². The van der Waals surface area contributed by atoms with Crippen molar-refractivity contribution >= 4 is 94.5 Å². The molecule has 92 heavy (non-hydrogen) atoms. The summed E-state index contributed by atoms with van der Waals surface area (Å²) >= 11 is 4.15. The summed E-state index contributed by atoms with van der Waals surface area (Å²) in [6, 6.07) is -5.69. The number of benzene rings is 1. The lowest BCUT2D eigenvalue weighted by molar-refractivity contribution is -0.148. The van der Waals surface area contributed by atoms with Crippen LogP contribution in [0.5, 0.6) is 0 Å². The van der Waals surface area contributed by atoms with Crippen molar-refractivity contribution in [2.75, 3.05) is 45.1 Å². The third kappa shape index (κ3) is 21.8. The second kappa shape index (κ2) is 36.6. The number of aliphatic hydroxyl groups excluding tert-OH is 1. The second-order valence-corrected chi connectivity index (χ2v) is 25.9. The summed E-state index contributed by atoms with van der Waals surface area (Å²) in [6.45, 7) is 11.4. The molecule has 1 aromatic heterocycles. The van der Waals surface area contributed by atoms with E-state index in [0.29, 0.717) is 56.9 Å². The number of carbonyl (C=O) groups is 11. The van der Waals surface area contributed by atoms with Crippen molar-refractivity contribution in [2.24, 2.45) is 45.7 Å². The van der Waals surface area contributed by atoms with Crippen LogP contribution in [0.3, 0.4) is 0 Å². The molecule has 0 unspecified atom stereocenters. The molecule has 512 valence electrons. The molecule has 0 bridgehead atoms. The smallest absolute Gasteiger partial charge is 0.328 e. The number of H-pyrrole nitrogens is 1. The molecule has 2 aromatic rings. The number of amides is 10. The van der Waals surface area contributed by atoms with Gasteiger partial charge in [0.2, 0.25) is 59.1 Å². The number of aliphatic hydroxyl groups is 1. The number of aromatic amines is 1. The number of rotatable bonds is 36. The fraction of sp³-hybridized carbons (Fsp3) is 0.677. The minimum Gasteiger partial charge on any atom is -0.480 e. The predicted octanol–water partition coefficient (Wildman–Crippen LogP) is -1.27. The van der Waals surface area contributed by atoms with Gasteiger partial charge in [0.25, 0.3) is 0 Å². The first kappa shape index (κ1) is 75.2. The van der Waals surface area contributed by atoms with Gasteiger partial charge in [0, 0.05) is 55.5 Å². The Balaban J connectivity index is 1.38. The molecule has 10 amide bonds. The van der Waals surface area contributed by atoms with E-state index >= 15 is 4.79 Å². The van der Waals surface area contributed by atoms with E-state index in [1.54, 1.807) is 6.20 Å². The van der Waals surface area contributed by atoms with Crippen LogP contribution in [0.15, 0.2) is 35.5 Å². The normalized spacial score (nSPS) is 19.1. The first-order chi connectivity index (χ1) is 43.7. The number of thiol groups is 1. The Morgan fingerprint density at radius 1 is 0.598 bits per heavy atom. The molecule has 1 aromatic carbocycles. The molecular weight excluding hydrogens is 1210 g/mol. The molecule has 4 heterocycles. The van der Waals surface area contributed by atoms with E-state index < -0.39 is 138 Å². The van der Waals surface area contributed by atoms with E-state index in [-0.39, 0.29) is 107 Å². The van der Waals surface area contributed by atoms with Crippen molar-refractivity contribution in [3.8, 4) is 0 Å². The Kier molecular flexibility index (Phi) is 29.9. The summed E-state index contributed by atoms with van der Waals surface area (Å²) in [5.74, 6) is -8.61. The van der Waals surface area contributed by atoms with Crippen LogP contribution in [0.1, 0.15) is 137 Å². The van der Waals surface area contributed by atoms with E-state index in [9.17, 15) is 58.2 Å². The Bertz CT molecular complexity index is 2900. The topological polar surface area (TPSA) is 454 Å². The van der Waals surface area contributed by atoms with Gasteiger partial charge in [0.05, 0.1) is 12.6 Å². The van der Waals surface area contributed by atoms with Crippen molar-refractivity contribution < 1.29 is 63.0 Å². The van der Waals surface area contributed by atoms with Crippen molar-refractivity contribution in [1.82, 2.24) is 56.9 Å². The lowest BCUT2D eigenvalue weighted by atomic mass is 9.99. The number of carbonyl (C=O) groups excluding carboxylic acids is 10. The summed E-state index contributed by atoms with van der Waals surface area (Å²) in [6.07, 6.45) is 5.56. The minimum absolute atomic E-state index is 0.00805. The number of nitrogens with two attached hydrogens (primary N) is 4. The number of carboxylic acid groups (broad SMARTS) is 1. The zero-order valence-corrected chi connectivity index (χ0v) is 54.9. The number of para-hydroxylation sites is 1. The van der Waals surface area contributed by atoms with Crippen molar-refractivity contribution in [3.05, 3.63) is 36.0 Å². The number of aliphatic imine (C=N–C) groups is 1. The zero-order valence-electron chi connectivity index (χ0n) is 54.0. The number of aliphatic carboxylic acids is 1. The molecule has 3 fully saturated rings. The quantitative estimate of drug-likeness (QED) is 0.0164. The van der Waals surface area contributed by atoms with E-state index in [0.717, 1.165) is 10.9 Å². The van der Waals surface area contributed by atoms with Gasteiger partial charge in [-0.1, -0.05) is 59.7 Å². The second-order valence-electron chi connectivity index (χ2n) is 25.5. The van der Waals surface area contributed by atoms with Crippen LogP contribution in [0.25, 0.3) is 10.9 Å². The molecular formula is C62H100N16O13S. The van der Waals surface area contributed by atoms with Gasteiger partial charge in [-0.2, -0.15) is 12.6 Å². The summed E-state index contributed by atoms with van der Waals surface area (Å²) < 4.78 is 0. The number of nitrogens with zero attached hydrogens (tertiary/aromatic N) is 4. The molecule has 30 heteroatoms. The summed E-state index contributed by atoms with van der Waals surface area (Å²) in [7, 11) is 0. The number of fused-ring (bicyclic) bond motifs is 1. The number of carboxylic acids is 1. The van der Waals surface area contributed by atoms with Gasteiger partial charge in [-0.3, -0.25) is 52.9 Å². The van der Waals surface area contributed by atoms with Crippen LogP contribution in [-0.2, 0) is 59.2 Å². The van der Waals surface area contributed by atoms with Crippen LogP contribution < -0.4 is 60.2 Å². The fourth-order valence-corrected chi connectivity index (χ4v) is 12.3. The maximum atomic E-state index is 15.0. The third-order valence-electron chi connectivity index (χ3n) is 16.7. The molecule has 29 nitrogen and oxygen atoms in total. The minimum atomic E-state index is -1.66. The first-order valence-corrected chi connectivity index (χ1v) is 32.9. The van der Waals surface area contributed by atoms with Gasteiger partial charge in [0.15, 0.2) is 5.96 Å². The van der Waals surface area contributed by atoms with Crippen molar-refractivity contribution in [1.29, 1.82) is 0 Å². The Morgan fingerprint density at radius 3 is 1.68 bits per heavy atom. The molecule has 0 aliphatic carbocycles. The van der Waals surface area contributed by atoms with Crippen LogP contribution >= 0.6 is 12.6 Å². The number of hydrogen-bond acceptors (Lipinski definition) is 16. The third-order valence-corrected chi connectivity index (χ3v) is 17.1. The van der Waals surface area contributed by atoms with Gasteiger partial charge < -0.3 is 90.0 Å². The Labute approximate surface area is 543 Å². The Morgan fingerprint density at radius 2 is 1.09 bits per heavy atom. The number of guanidine groups is 1. The predicted molar refractivity (Wildman–Crippen MR) is 347 cm³/mol. The molecule has 3 aliphatic heterocycles. The van der Waals surface area contributed by atoms with E-state index in [4.69, 9.17) is 22.9 Å². The molecule has 0 saturated carbocycles. The van der Waals surface area contributed by atoms with Crippen molar-refractivity contribution in [2.45, 2.75) is 204 Å². The zero-order chi connectivity index (χ0) is 67.9. The van der Waals surface area contributed by atoms with E-state index in [1.165, 1.54) is 14.7 Å². The first-order valence-electron chi connectivity index (χ1n) is 32.2. The highest BCUT2D eigenvalue weighted by Gasteiger charge is 2.45. The number of likely N-dealkylation sites (tertiary alicyclic amines) is 3. The highest BCUT2D eigenvalue weighted by atomic mass is 32.1. The van der Waals surface area contributed by atoms with Gasteiger partial charge in [-0.15, -0.1) is 0 Å². The summed E-state index contributed by atoms with van der Waals surface area (Å²) in [4.78, 5) is 166. The maximum Gasteiger partial charge on any atom is 0.328 e. The largest absolute Gasteiger partial charge is 0.480 e. The molecule has 3 aliphatic rings. The average molecular weight is 1310 g/mol. The molecule has 3 saturated heterocycles. The number of aromatic nitrogens is 1. The van der Waals surface area contributed by atoms with Crippen LogP contribution in [0.4, 0.5) is 0 Å². The van der Waals surface area contributed by atoms with E-state index in [1.807, 2.05) is 65.8 Å². The summed E-state index contributed by atoms with van der Waals surface area (Å²) in [5, 5.41) is 38.5. The SMILES string of the molecule is CC(C)C[C@H](NC(=O)[C@H](Cc1c[nH]c2ccccc12)NC(=O)[C@@H]1CCCN1C(=O)[C@@H]1CCCN1C(=O)[C@H](CC(C)C)NC(=O)[C@@H](N)CC(C)C)C(=O)N[C@@H](CCCN=C(N)N)C(=O)N1CCC[C@H]1C(=O)N[C@@H](CCCCN)C(=O)N[C@@H](CS)C(=O)N[C@@H](CO)C(=O)O. The molecule has 5 rings (SSSR count). The summed E-state index contributed by atoms with van der Waals surface area (Å²) in [5.41, 5.74) is 24.6. The van der Waals surface area contributed by atoms with Crippen LogP contribution in [0.2, 0.25) is 0 Å². The lowest BCUT2D eigenvalue weighted by Crippen LogP contribution is -2.60. The number of hydrogen-bond donors (Lipinski definition) is 15. The van der Waals surface area contributed by atoms with Gasteiger partial charge in [-0.05, 0) is 126 Å². The molecule has 0 spiro atoms. The molecule has 0 radical (unpaired) electrons. The highest BCUT2D eigenvalue weighted by molar-refractivity contribution is 7.80. The van der Waals surface area contributed by atoms with Gasteiger partial charge in [-0.25, -0.2) is 4.79 Å². The Hall–Kier alpha value is -7.57. The number of unbranched alkanes of at least 4 members (excludes halogenated alkanes) is 1. The molecule has 11 atom stereocenters. The van der Waals surface area contributed by atoms with Crippen LogP contribution in [0, 0.1) is 17.8 Å². The lowest BCUT2D eigenvalue weighted by Gasteiger charge is -2.34. The highest BCUT2D eigenvalue weighted by Crippen LogP contribution is 2.28. The fourth-order valence-electron chi connectivity index (χ4n) is 12.0. The van der Waals surface area contributed by atoms with Gasteiger partial charge >= 0.3 is 5.97 Å². The van der Waals surface area contributed by atoms with Crippen molar-refractivity contribution in [3.63, 3.8) is 0 Å². The average Bonchev–Trinajstić information content (AvgIpc) is 1.65. The standard InChI is InChI=1S/C62H100N16O13S/c1-34(2)27-39(64)51(80)73-45(29-36(5)6)59(88)78-26-14-21-50(78)60(89)77-25-13-20-49(77)57(86)72-44(30-37-31-68-40-16-8-7-15-38(37)40)54(83)71-43(28-35(3)4)53(82)70-42(18-11-23-67-62(65)66)58(87)76-24-12-19-48(76)56(85)69-41(17-9-10-22-63)52(81)75-47(33-92)55(84)74-46(32-79)61(90)91/h7-8,15-16,31,34-36,39,41-50,68,79,92H,9-14,17-30,32-33,63-64H2,1-6H3,(H,69,85)(H,70,82)(H,71,83)(H,72,86)(H,73,80)(H,74,84)(H,75,81)(H,90,91)(H4,65,66,67)/t39-,41-,42-,43-,44-,45-,46-,47-,48-,49-,50-/m0/s1. The maximum absolute atomic E-state index is 15.0.